The molecule has 1 heterocycles. The van der Waals surface area contributed by atoms with Crippen LogP contribution < -0.4 is 15.0 Å². The van der Waals surface area contributed by atoms with Crippen LogP contribution in [0, 0.1) is 6.92 Å². The van der Waals surface area contributed by atoms with Crippen molar-refractivity contribution in [3.8, 4) is 5.75 Å². The van der Waals surface area contributed by atoms with Gasteiger partial charge in [0.1, 0.15) is 5.75 Å². The third kappa shape index (κ3) is 3.68. The Morgan fingerprint density at radius 1 is 1.26 bits per heavy atom. The monoisotopic (exact) mass is 326 g/mol. The van der Waals surface area contributed by atoms with E-state index in [1.54, 1.807) is 0 Å². The van der Waals surface area contributed by atoms with E-state index in [9.17, 15) is 4.79 Å². The van der Waals surface area contributed by atoms with Gasteiger partial charge in [0.25, 0.3) is 5.91 Å². The van der Waals surface area contributed by atoms with Crippen LogP contribution in [0.4, 0.5) is 5.69 Å². The van der Waals surface area contributed by atoms with Crippen molar-refractivity contribution in [3.05, 3.63) is 59.7 Å². The molecule has 0 fully saturated rings. The van der Waals surface area contributed by atoms with Crippen molar-refractivity contribution in [2.75, 3.05) is 18.1 Å². The van der Waals surface area contributed by atoms with Gasteiger partial charge in [-0.25, -0.2) is 0 Å². The molecule has 0 spiro atoms. The standard InChI is InChI=1S/C18H18N2O2S/c1-13-5-4-7-15(11-13)22-12-17(21)19-18(23)20-10-9-14-6-2-3-8-16(14)20/h2-8,11H,9-10,12H2,1H3,(H,19,21,23). The lowest BCUT2D eigenvalue weighted by molar-refractivity contribution is -0.121. The summed E-state index contributed by atoms with van der Waals surface area (Å²) in [6, 6.07) is 15.7. The number of hydrogen-bond acceptors (Lipinski definition) is 3. The molecule has 1 amide bonds. The molecule has 1 N–H and O–H groups in total. The molecule has 0 aliphatic carbocycles. The highest BCUT2D eigenvalue weighted by atomic mass is 32.1. The van der Waals surface area contributed by atoms with E-state index in [1.807, 2.05) is 54.3 Å². The second kappa shape index (κ2) is 6.79. The number of benzene rings is 2. The van der Waals surface area contributed by atoms with Gasteiger partial charge in [-0.05, 0) is 54.9 Å². The zero-order valence-corrected chi connectivity index (χ0v) is 13.7. The Hall–Kier alpha value is -2.40. The third-order valence-corrected chi connectivity index (χ3v) is 4.06. The number of nitrogens with zero attached hydrogens (tertiary/aromatic N) is 1. The van der Waals surface area contributed by atoms with Gasteiger partial charge < -0.3 is 9.64 Å². The number of aryl methyl sites for hydroxylation is 1. The number of hydrogen-bond donors (Lipinski definition) is 1. The topological polar surface area (TPSA) is 41.6 Å². The van der Waals surface area contributed by atoms with E-state index in [0.717, 1.165) is 24.2 Å². The number of thiocarbonyl (C=S) groups is 1. The molecular weight excluding hydrogens is 308 g/mol. The fourth-order valence-electron chi connectivity index (χ4n) is 2.63. The van der Waals surface area contributed by atoms with Crippen molar-refractivity contribution in [1.29, 1.82) is 0 Å². The molecule has 2 aromatic rings. The lowest BCUT2D eigenvalue weighted by atomic mass is 10.2. The van der Waals surface area contributed by atoms with Crippen LogP contribution in [0.5, 0.6) is 5.75 Å². The molecule has 5 heteroatoms. The Bertz CT molecular complexity index is 745. The molecule has 0 saturated heterocycles. The van der Waals surface area contributed by atoms with Crippen LogP contribution in [0.15, 0.2) is 48.5 Å². The Balaban J connectivity index is 1.55. The van der Waals surface area contributed by atoms with Crippen molar-refractivity contribution in [2.24, 2.45) is 0 Å². The molecule has 4 nitrogen and oxygen atoms in total. The molecule has 2 aromatic carbocycles. The van der Waals surface area contributed by atoms with E-state index in [-0.39, 0.29) is 12.5 Å². The maximum atomic E-state index is 12.0. The highest BCUT2D eigenvalue weighted by Gasteiger charge is 2.22. The summed E-state index contributed by atoms with van der Waals surface area (Å²) >= 11 is 5.36. The normalized spacial score (nSPS) is 12.7. The molecule has 0 aromatic heterocycles. The highest BCUT2D eigenvalue weighted by Crippen LogP contribution is 2.27. The Kier molecular flexibility index (Phi) is 4.57. The second-order valence-electron chi connectivity index (χ2n) is 5.49. The van der Waals surface area contributed by atoms with Crippen LogP contribution in [-0.2, 0) is 11.2 Å². The summed E-state index contributed by atoms with van der Waals surface area (Å²) in [5.41, 5.74) is 3.41. The van der Waals surface area contributed by atoms with Gasteiger partial charge in [-0.15, -0.1) is 0 Å². The minimum Gasteiger partial charge on any atom is -0.484 e. The number of anilines is 1. The van der Waals surface area contributed by atoms with E-state index in [1.165, 1.54) is 5.56 Å². The number of ether oxygens (including phenoxy) is 1. The summed E-state index contributed by atoms with van der Waals surface area (Å²) in [6.07, 6.45) is 0.936. The van der Waals surface area contributed by atoms with Crippen LogP contribution >= 0.6 is 12.2 Å². The summed E-state index contributed by atoms with van der Waals surface area (Å²) in [5.74, 6) is 0.429. The quantitative estimate of drug-likeness (QED) is 0.881. The van der Waals surface area contributed by atoms with Crippen LogP contribution in [0.25, 0.3) is 0 Å². The van der Waals surface area contributed by atoms with Crippen molar-refractivity contribution < 1.29 is 9.53 Å². The maximum absolute atomic E-state index is 12.0. The van der Waals surface area contributed by atoms with Gasteiger partial charge >= 0.3 is 0 Å². The molecule has 23 heavy (non-hydrogen) atoms. The second-order valence-corrected chi connectivity index (χ2v) is 5.88. The van der Waals surface area contributed by atoms with E-state index >= 15 is 0 Å². The number of nitrogens with one attached hydrogen (secondary N) is 1. The number of carbonyl (C=O) groups is 1. The number of fused-ring (bicyclic) bond motifs is 1. The molecule has 0 radical (unpaired) electrons. The zero-order chi connectivity index (χ0) is 16.2. The largest absolute Gasteiger partial charge is 0.484 e. The maximum Gasteiger partial charge on any atom is 0.264 e. The first-order valence-corrected chi connectivity index (χ1v) is 7.93. The van der Waals surface area contributed by atoms with Crippen LogP contribution in [0.3, 0.4) is 0 Å². The molecule has 1 aliphatic heterocycles. The molecule has 0 atom stereocenters. The first kappa shape index (κ1) is 15.5. The van der Waals surface area contributed by atoms with Gasteiger partial charge in [-0.2, -0.15) is 0 Å². The Morgan fingerprint density at radius 2 is 2.09 bits per heavy atom. The van der Waals surface area contributed by atoms with E-state index in [4.69, 9.17) is 17.0 Å². The zero-order valence-electron chi connectivity index (χ0n) is 12.9. The minimum atomic E-state index is -0.249. The van der Waals surface area contributed by atoms with Crippen molar-refractivity contribution in [2.45, 2.75) is 13.3 Å². The van der Waals surface area contributed by atoms with E-state index in [2.05, 4.69) is 11.4 Å². The van der Waals surface area contributed by atoms with Gasteiger partial charge in [0, 0.05) is 12.2 Å². The number of para-hydroxylation sites is 1. The average molecular weight is 326 g/mol. The van der Waals surface area contributed by atoms with Crippen LogP contribution in [-0.4, -0.2) is 24.2 Å². The Morgan fingerprint density at radius 3 is 2.91 bits per heavy atom. The summed E-state index contributed by atoms with van der Waals surface area (Å²) < 4.78 is 5.49. The number of rotatable bonds is 3. The lowest BCUT2D eigenvalue weighted by Gasteiger charge is -2.20. The van der Waals surface area contributed by atoms with Crippen molar-refractivity contribution in [3.63, 3.8) is 0 Å². The van der Waals surface area contributed by atoms with Gasteiger partial charge in [0.05, 0.1) is 0 Å². The predicted octanol–water partition coefficient (Wildman–Crippen LogP) is 2.84. The fourth-order valence-corrected chi connectivity index (χ4v) is 2.93. The highest BCUT2D eigenvalue weighted by molar-refractivity contribution is 7.80. The summed E-state index contributed by atoms with van der Waals surface area (Å²) in [7, 11) is 0. The fraction of sp³-hybridized carbons (Fsp3) is 0.222. The Labute approximate surface area is 141 Å². The first-order valence-electron chi connectivity index (χ1n) is 7.52. The summed E-state index contributed by atoms with van der Waals surface area (Å²) in [6.45, 7) is 2.71. The van der Waals surface area contributed by atoms with E-state index < -0.39 is 0 Å². The van der Waals surface area contributed by atoms with Gasteiger partial charge in [0.2, 0.25) is 0 Å². The van der Waals surface area contributed by atoms with E-state index in [0.29, 0.717) is 10.9 Å². The minimum absolute atomic E-state index is 0.0565. The summed E-state index contributed by atoms with van der Waals surface area (Å²) in [4.78, 5) is 14.0. The lowest BCUT2D eigenvalue weighted by Crippen LogP contribution is -2.43. The molecule has 0 unspecified atom stereocenters. The van der Waals surface area contributed by atoms with Crippen molar-refractivity contribution in [1.82, 2.24) is 5.32 Å². The van der Waals surface area contributed by atoms with Gasteiger partial charge in [-0.1, -0.05) is 30.3 Å². The van der Waals surface area contributed by atoms with Crippen LogP contribution in [0.1, 0.15) is 11.1 Å². The van der Waals surface area contributed by atoms with Crippen molar-refractivity contribution >= 4 is 28.9 Å². The molecule has 118 valence electrons. The molecule has 0 saturated carbocycles. The molecule has 1 aliphatic rings. The van der Waals surface area contributed by atoms with Crippen LogP contribution in [0.2, 0.25) is 0 Å². The third-order valence-electron chi connectivity index (χ3n) is 3.74. The number of amides is 1. The SMILES string of the molecule is Cc1cccc(OCC(=O)NC(=S)N2CCc3ccccc32)c1. The summed E-state index contributed by atoms with van der Waals surface area (Å²) in [5, 5.41) is 3.16. The molecule has 0 bridgehead atoms. The van der Waals surface area contributed by atoms with Gasteiger partial charge in [-0.3, -0.25) is 10.1 Å². The first-order chi connectivity index (χ1) is 11.1. The predicted molar refractivity (Wildman–Crippen MR) is 94.9 cm³/mol. The average Bonchev–Trinajstić information content (AvgIpc) is 2.97. The molecular formula is C18H18N2O2S. The molecule has 3 rings (SSSR count). The smallest absolute Gasteiger partial charge is 0.264 e. The van der Waals surface area contributed by atoms with Gasteiger partial charge in [0.15, 0.2) is 11.7 Å². The number of carbonyl (C=O) groups excluding carboxylic acids is 1.